The van der Waals surface area contributed by atoms with Crippen LogP contribution in [0.3, 0.4) is 0 Å². The van der Waals surface area contributed by atoms with E-state index in [0.29, 0.717) is 5.88 Å². The van der Waals surface area contributed by atoms with E-state index in [1.54, 1.807) is 14.0 Å². The van der Waals surface area contributed by atoms with Gasteiger partial charge in [-0.3, -0.25) is 0 Å². The molecule has 0 aliphatic carbocycles. The van der Waals surface area contributed by atoms with Crippen molar-refractivity contribution in [3.8, 4) is 17.0 Å². The molecule has 0 aliphatic heterocycles. The van der Waals surface area contributed by atoms with E-state index in [4.69, 9.17) is 4.74 Å². The molecule has 3 rings (SSSR count). The van der Waals surface area contributed by atoms with Crippen molar-refractivity contribution in [1.82, 2.24) is 9.97 Å². The molecular weight excluding hydrogens is 264 g/mol. The molecule has 3 aromatic rings. The molecule has 21 heavy (non-hydrogen) atoms. The van der Waals surface area contributed by atoms with Gasteiger partial charge in [0.05, 0.1) is 24.1 Å². The molecule has 1 heterocycles. The van der Waals surface area contributed by atoms with Crippen LogP contribution in [0.2, 0.25) is 0 Å². The molecule has 2 aromatic carbocycles. The third-order valence-corrected chi connectivity index (χ3v) is 3.48. The summed E-state index contributed by atoms with van der Waals surface area (Å²) in [5.74, 6) is 0.514. The second kappa shape index (κ2) is 5.50. The Morgan fingerprint density at radius 3 is 2.48 bits per heavy atom. The van der Waals surface area contributed by atoms with Crippen molar-refractivity contribution in [3.05, 3.63) is 54.4 Å². The zero-order valence-electron chi connectivity index (χ0n) is 11.9. The normalized spacial score (nSPS) is 12.3. The van der Waals surface area contributed by atoms with Gasteiger partial charge in [-0.2, -0.15) is 0 Å². The minimum absolute atomic E-state index is 0.514. The lowest BCUT2D eigenvalue weighted by molar-refractivity contribution is 0.200. The van der Waals surface area contributed by atoms with E-state index in [0.717, 1.165) is 27.6 Å². The van der Waals surface area contributed by atoms with E-state index >= 15 is 0 Å². The molecule has 4 heteroatoms. The fourth-order valence-corrected chi connectivity index (χ4v) is 2.45. The van der Waals surface area contributed by atoms with Crippen LogP contribution in [-0.4, -0.2) is 22.2 Å². The number of ether oxygens (including phenoxy) is 1. The van der Waals surface area contributed by atoms with Gasteiger partial charge in [0, 0.05) is 5.56 Å². The minimum atomic E-state index is -0.615. The zero-order chi connectivity index (χ0) is 14.8. The highest BCUT2D eigenvalue weighted by molar-refractivity contribution is 5.91. The average Bonchev–Trinajstić information content (AvgIpc) is 2.53. The summed E-state index contributed by atoms with van der Waals surface area (Å²) in [4.78, 5) is 8.44. The number of aliphatic hydroxyl groups excluding tert-OH is 1. The van der Waals surface area contributed by atoms with Gasteiger partial charge in [-0.05, 0) is 30.2 Å². The van der Waals surface area contributed by atoms with Crippen LogP contribution in [0.15, 0.2) is 48.8 Å². The molecule has 0 bridgehead atoms. The summed E-state index contributed by atoms with van der Waals surface area (Å²) in [6.07, 6.45) is 0.839. The molecular formula is C17H16N2O2. The summed E-state index contributed by atoms with van der Waals surface area (Å²) in [6, 6.07) is 14.0. The van der Waals surface area contributed by atoms with Crippen LogP contribution in [0.25, 0.3) is 22.0 Å². The largest absolute Gasteiger partial charge is 0.480 e. The van der Waals surface area contributed by atoms with Crippen LogP contribution in [0, 0.1) is 0 Å². The van der Waals surface area contributed by atoms with Gasteiger partial charge >= 0.3 is 0 Å². The van der Waals surface area contributed by atoms with Crippen molar-refractivity contribution in [1.29, 1.82) is 0 Å². The zero-order valence-corrected chi connectivity index (χ0v) is 11.9. The molecule has 0 spiro atoms. The number of benzene rings is 2. The Bertz CT molecular complexity index is 770. The number of hydrogen-bond acceptors (Lipinski definition) is 4. The van der Waals surface area contributed by atoms with E-state index in [9.17, 15) is 5.11 Å². The van der Waals surface area contributed by atoms with Gasteiger partial charge in [-0.25, -0.2) is 9.97 Å². The maximum atomic E-state index is 10.1. The molecule has 0 aliphatic rings. The maximum Gasteiger partial charge on any atom is 0.224 e. The first-order valence-electron chi connectivity index (χ1n) is 6.77. The second-order valence-electron chi connectivity index (χ2n) is 4.89. The molecule has 1 unspecified atom stereocenters. The van der Waals surface area contributed by atoms with Gasteiger partial charge in [-0.1, -0.05) is 30.3 Å². The minimum Gasteiger partial charge on any atom is -0.480 e. The predicted octanol–water partition coefficient (Wildman–Crippen LogP) is 3.36. The van der Waals surface area contributed by atoms with Crippen molar-refractivity contribution in [2.75, 3.05) is 7.11 Å². The number of hydrogen-bond donors (Lipinski definition) is 1. The summed E-state index contributed by atoms with van der Waals surface area (Å²) in [5.41, 5.74) is 3.57. The molecule has 1 atom stereocenters. The Hall–Kier alpha value is -2.46. The van der Waals surface area contributed by atoms with Gasteiger partial charge in [0.15, 0.2) is 0 Å². The van der Waals surface area contributed by atoms with Crippen molar-refractivity contribution in [2.24, 2.45) is 0 Å². The van der Waals surface area contributed by atoms with Gasteiger partial charge in [0.2, 0.25) is 5.88 Å². The van der Waals surface area contributed by atoms with Gasteiger partial charge in [-0.15, -0.1) is 0 Å². The molecule has 1 N–H and O–H groups in total. The summed E-state index contributed by atoms with van der Waals surface area (Å²) < 4.78 is 5.32. The van der Waals surface area contributed by atoms with E-state index in [2.05, 4.69) is 9.97 Å². The van der Waals surface area contributed by atoms with Crippen LogP contribution in [0.4, 0.5) is 0 Å². The van der Waals surface area contributed by atoms with Crippen molar-refractivity contribution >= 4 is 10.9 Å². The van der Waals surface area contributed by atoms with Crippen LogP contribution >= 0.6 is 0 Å². The first kappa shape index (κ1) is 13.5. The Morgan fingerprint density at radius 1 is 1.05 bits per heavy atom. The highest BCUT2D eigenvalue weighted by Crippen LogP contribution is 2.33. The number of methoxy groups -OCH3 is 1. The Labute approximate surface area is 123 Å². The Balaban J connectivity index is 2.33. The number of aliphatic hydroxyl groups is 1. The van der Waals surface area contributed by atoms with Crippen LogP contribution < -0.4 is 4.74 Å². The fraction of sp³-hybridized carbons (Fsp3) is 0.176. The molecule has 0 fully saturated rings. The lowest BCUT2D eigenvalue weighted by Gasteiger charge is -2.13. The SMILES string of the molecule is COc1ncnc2c(C(C)O)cc(-c3ccccc3)cc12. The van der Waals surface area contributed by atoms with E-state index in [1.165, 1.54) is 6.33 Å². The van der Waals surface area contributed by atoms with Crippen LogP contribution in [0.5, 0.6) is 5.88 Å². The highest BCUT2D eigenvalue weighted by atomic mass is 16.5. The predicted molar refractivity (Wildman–Crippen MR) is 82.2 cm³/mol. The molecule has 0 amide bonds. The number of aromatic nitrogens is 2. The summed E-state index contributed by atoms with van der Waals surface area (Å²) in [5, 5.41) is 10.9. The van der Waals surface area contributed by atoms with Crippen LogP contribution in [-0.2, 0) is 0 Å². The van der Waals surface area contributed by atoms with E-state index in [-0.39, 0.29) is 0 Å². The monoisotopic (exact) mass is 280 g/mol. The molecule has 0 saturated carbocycles. The van der Waals surface area contributed by atoms with E-state index < -0.39 is 6.10 Å². The third-order valence-electron chi connectivity index (χ3n) is 3.48. The maximum absolute atomic E-state index is 10.1. The smallest absolute Gasteiger partial charge is 0.224 e. The van der Waals surface area contributed by atoms with Gasteiger partial charge in [0.25, 0.3) is 0 Å². The molecule has 0 radical (unpaired) electrons. The van der Waals surface area contributed by atoms with Crippen molar-refractivity contribution < 1.29 is 9.84 Å². The highest BCUT2D eigenvalue weighted by Gasteiger charge is 2.14. The Kier molecular flexibility index (Phi) is 3.54. The first-order valence-corrected chi connectivity index (χ1v) is 6.77. The fourth-order valence-electron chi connectivity index (χ4n) is 2.45. The summed E-state index contributed by atoms with van der Waals surface area (Å²) in [6.45, 7) is 1.73. The molecule has 4 nitrogen and oxygen atoms in total. The molecule has 106 valence electrons. The average molecular weight is 280 g/mol. The summed E-state index contributed by atoms with van der Waals surface area (Å²) in [7, 11) is 1.58. The lowest BCUT2D eigenvalue weighted by atomic mass is 9.98. The molecule has 1 aromatic heterocycles. The van der Waals surface area contributed by atoms with Crippen LogP contribution in [0.1, 0.15) is 18.6 Å². The quantitative estimate of drug-likeness (QED) is 0.799. The topological polar surface area (TPSA) is 55.2 Å². The standard InChI is InChI=1S/C17H16N2O2/c1-11(20)14-8-13(12-6-4-3-5-7-12)9-15-16(14)18-10-19-17(15)21-2/h3-11,20H,1-2H3. The number of rotatable bonds is 3. The van der Waals surface area contributed by atoms with Crippen molar-refractivity contribution in [3.63, 3.8) is 0 Å². The van der Waals surface area contributed by atoms with E-state index in [1.807, 2.05) is 42.5 Å². The van der Waals surface area contributed by atoms with Crippen molar-refractivity contribution in [2.45, 2.75) is 13.0 Å². The lowest BCUT2D eigenvalue weighted by Crippen LogP contribution is -1.99. The first-order chi connectivity index (χ1) is 10.2. The number of fused-ring (bicyclic) bond motifs is 1. The summed E-state index contributed by atoms with van der Waals surface area (Å²) >= 11 is 0. The van der Waals surface area contributed by atoms with Gasteiger partial charge in [0.1, 0.15) is 6.33 Å². The van der Waals surface area contributed by atoms with Gasteiger partial charge < -0.3 is 9.84 Å². The third kappa shape index (κ3) is 2.45. The number of nitrogens with zero attached hydrogens (tertiary/aromatic N) is 2. The Morgan fingerprint density at radius 2 is 1.81 bits per heavy atom. The second-order valence-corrected chi connectivity index (χ2v) is 4.89. The molecule has 0 saturated heterocycles.